The molecule has 0 fully saturated rings. The summed E-state index contributed by atoms with van der Waals surface area (Å²) in [6.07, 6.45) is 19.4. The number of aliphatic hydroxyl groups is 1. The molecule has 0 aromatic heterocycles. The van der Waals surface area contributed by atoms with Crippen LogP contribution in [0.3, 0.4) is 0 Å². The van der Waals surface area contributed by atoms with E-state index in [1.165, 1.54) is 70.6 Å². The van der Waals surface area contributed by atoms with Crippen LogP contribution < -0.4 is 0 Å². The molecule has 30 heavy (non-hydrogen) atoms. The van der Waals surface area contributed by atoms with Crippen molar-refractivity contribution in [3.8, 4) is 0 Å². The van der Waals surface area contributed by atoms with Gasteiger partial charge in [-0.1, -0.05) is 108 Å². The van der Waals surface area contributed by atoms with E-state index in [1.54, 1.807) is 17.8 Å². The Balaban J connectivity index is 2.23. The summed E-state index contributed by atoms with van der Waals surface area (Å²) in [7, 11) is 0. The number of unbranched alkanes of at least 4 members (excludes halogenated alkanes) is 11. The lowest BCUT2D eigenvalue weighted by atomic mass is 10.0. The van der Waals surface area contributed by atoms with Gasteiger partial charge in [0.05, 0.1) is 6.10 Å². The Labute approximate surface area is 188 Å². The first-order valence-electron chi connectivity index (χ1n) is 11.9. The van der Waals surface area contributed by atoms with Crippen molar-refractivity contribution in [2.24, 2.45) is 0 Å². The van der Waals surface area contributed by atoms with Gasteiger partial charge < -0.3 is 10.2 Å². The number of hydrogen-bond donors (Lipinski definition) is 2. The fourth-order valence-electron chi connectivity index (χ4n) is 3.65. The number of carbonyl (C=O) groups is 1. The van der Waals surface area contributed by atoms with Crippen molar-refractivity contribution in [2.45, 2.75) is 113 Å². The fourth-order valence-corrected chi connectivity index (χ4v) is 4.87. The SMILES string of the molecule is CCCCCCCCCCCCCC[C@@H](Sc1ccccc1)[C@@H](O)CC=CC(=O)O. The number of aliphatic hydroxyl groups excluding tert-OH is 1. The highest BCUT2D eigenvalue weighted by Crippen LogP contribution is 2.30. The average molecular weight is 435 g/mol. The lowest BCUT2D eigenvalue weighted by Crippen LogP contribution is -2.22. The first kappa shape index (κ1) is 26.8. The molecule has 4 heteroatoms. The maximum atomic E-state index is 10.7. The Morgan fingerprint density at radius 3 is 1.97 bits per heavy atom. The molecule has 1 aromatic rings. The highest BCUT2D eigenvalue weighted by molar-refractivity contribution is 8.00. The van der Waals surface area contributed by atoms with E-state index in [0.717, 1.165) is 23.8 Å². The van der Waals surface area contributed by atoms with Gasteiger partial charge in [0, 0.05) is 16.2 Å². The molecule has 0 aliphatic carbocycles. The van der Waals surface area contributed by atoms with Crippen LogP contribution >= 0.6 is 11.8 Å². The Kier molecular flexibility index (Phi) is 16.5. The highest BCUT2D eigenvalue weighted by Gasteiger charge is 2.19. The lowest BCUT2D eigenvalue weighted by Gasteiger charge is -2.22. The molecule has 0 amide bonds. The minimum absolute atomic E-state index is 0.0916. The normalized spacial score (nSPS) is 13.5. The van der Waals surface area contributed by atoms with Crippen LogP contribution in [0.25, 0.3) is 0 Å². The summed E-state index contributed by atoms with van der Waals surface area (Å²) < 4.78 is 0. The molecule has 2 N–H and O–H groups in total. The molecule has 0 saturated carbocycles. The second-order valence-corrected chi connectivity index (χ2v) is 9.50. The number of rotatable bonds is 19. The van der Waals surface area contributed by atoms with E-state index in [2.05, 4.69) is 19.1 Å². The number of hydrogen-bond acceptors (Lipinski definition) is 3. The number of carboxylic acids is 1. The smallest absolute Gasteiger partial charge is 0.327 e. The first-order chi connectivity index (χ1) is 14.6. The maximum Gasteiger partial charge on any atom is 0.327 e. The summed E-state index contributed by atoms with van der Waals surface area (Å²) in [6.45, 7) is 2.26. The molecule has 0 spiro atoms. The van der Waals surface area contributed by atoms with Gasteiger partial charge in [-0.3, -0.25) is 0 Å². The summed E-state index contributed by atoms with van der Waals surface area (Å²) >= 11 is 1.71. The Hall–Kier alpha value is -1.26. The predicted octanol–water partition coefficient (Wildman–Crippen LogP) is 7.63. The van der Waals surface area contributed by atoms with Crippen LogP contribution in [-0.2, 0) is 4.79 Å². The number of benzene rings is 1. The van der Waals surface area contributed by atoms with Crippen molar-refractivity contribution in [2.75, 3.05) is 0 Å². The van der Waals surface area contributed by atoms with Crippen LogP contribution in [0.5, 0.6) is 0 Å². The first-order valence-corrected chi connectivity index (χ1v) is 12.8. The van der Waals surface area contributed by atoms with Crippen molar-refractivity contribution in [3.63, 3.8) is 0 Å². The summed E-state index contributed by atoms with van der Waals surface area (Å²) in [4.78, 5) is 11.8. The molecule has 0 heterocycles. The third-order valence-corrected chi connectivity index (χ3v) is 6.84. The minimum Gasteiger partial charge on any atom is -0.478 e. The number of thioether (sulfide) groups is 1. The zero-order chi connectivity index (χ0) is 21.9. The van der Waals surface area contributed by atoms with E-state index in [-0.39, 0.29) is 5.25 Å². The van der Waals surface area contributed by atoms with Gasteiger partial charge in [-0.2, -0.15) is 0 Å². The second kappa shape index (κ2) is 18.5. The minimum atomic E-state index is -0.963. The topological polar surface area (TPSA) is 57.5 Å². The summed E-state index contributed by atoms with van der Waals surface area (Å²) in [5.74, 6) is -0.963. The van der Waals surface area contributed by atoms with Gasteiger partial charge in [0.2, 0.25) is 0 Å². The maximum absolute atomic E-state index is 10.7. The molecule has 0 bridgehead atoms. The van der Waals surface area contributed by atoms with Crippen molar-refractivity contribution >= 4 is 17.7 Å². The van der Waals surface area contributed by atoms with Crippen molar-refractivity contribution in [3.05, 3.63) is 42.5 Å². The number of carboxylic acid groups (broad SMARTS) is 1. The standard InChI is InChI=1S/C26H42O3S/c1-2-3-4-5-6-7-8-9-10-11-12-16-21-25(24(27)20-17-22-26(28)29)30-23-18-14-13-15-19-23/h13-15,17-19,22,24-25,27H,2-12,16,20-21H2,1H3,(H,28,29)/t24-,25+/m0/s1. The van der Waals surface area contributed by atoms with Crippen LogP contribution in [0, 0.1) is 0 Å². The van der Waals surface area contributed by atoms with Crippen LogP contribution in [0.2, 0.25) is 0 Å². The third kappa shape index (κ3) is 14.7. The van der Waals surface area contributed by atoms with E-state index in [1.807, 2.05) is 18.2 Å². The van der Waals surface area contributed by atoms with Crippen LogP contribution in [0.4, 0.5) is 0 Å². The van der Waals surface area contributed by atoms with Crippen molar-refractivity contribution in [1.29, 1.82) is 0 Å². The summed E-state index contributed by atoms with van der Waals surface area (Å²) in [6, 6.07) is 10.2. The molecular weight excluding hydrogens is 392 g/mol. The van der Waals surface area contributed by atoms with Gasteiger partial charge in [0.25, 0.3) is 0 Å². The van der Waals surface area contributed by atoms with E-state index < -0.39 is 12.1 Å². The molecular formula is C26H42O3S. The van der Waals surface area contributed by atoms with Gasteiger partial charge in [-0.05, 0) is 25.0 Å². The third-order valence-electron chi connectivity index (χ3n) is 5.44. The molecule has 170 valence electrons. The number of aliphatic carboxylic acids is 1. The van der Waals surface area contributed by atoms with Crippen LogP contribution in [0.15, 0.2) is 47.4 Å². The molecule has 3 nitrogen and oxygen atoms in total. The van der Waals surface area contributed by atoms with Gasteiger partial charge in [0.1, 0.15) is 0 Å². The van der Waals surface area contributed by atoms with Crippen molar-refractivity contribution < 1.29 is 15.0 Å². The average Bonchev–Trinajstić information content (AvgIpc) is 2.74. The second-order valence-electron chi connectivity index (χ2n) is 8.19. The van der Waals surface area contributed by atoms with Gasteiger partial charge in [0.15, 0.2) is 0 Å². The van der Waals surface area contributed by atoms with Gasteiger partial charge >= 0.3 is 5.97 Å². The lowest BCUT2D eigenvalue weighted by molar-refractivity contribution is -0.131. The molecule has 0 radical (unpaired) electrons. The zero-order valence-electron chi connectivity index (χ0n) is 18.8. The summed E-state index contributed by atoms with van der Waals surface area (Å²) in [5, 5.41) is 19.4. The van der Waals surface area contributed by atoms with Crippen LogP contribution in [-0.4, -0.2) is 27.5 Å². The molecule has 0 aliphatic rings. The highest BCUT2D eigenvalue weighted by atomic mass is 32.2. The monoisotopic (exact) mass is 434 g/mol. The Morgan fingerprint density at radius 1 is 0.900 bits per heavy atom. The van der Waals surface area contributed by atoms with E-state index in [0.29, 0.717) is 6.42 Å². The molecule has 0 saturated heterocycles. The molecule has 2 atom stereocenters. The predicted molar refractivity (Wildman–Crippen MR) is 129 cm³/mol. The molecule has 0 aliphatic heterocycles. The largest absolute Gasteiger partial charge is 0.478 e. The van der Waals surface area contributed by atoms with Crippen molar-refractivity contribution in [1.82, 2.24) is 0 Å². The van der Waals surface area contributed by atoms with Gasteiger partial charge in [-0.15, -0.1) is 11.8 Å². The summed E-state index contributed by atoms with van der Waals surface area (Å²) in [5.41, 5.74) is 0. The fraction of sp³-hybridized carbons (Fsp3) is 0.654. The van der Waals surface area contributed by atoms with Crippen LogP contribution in [0.1, 0.15) is 96.8 Å². The van der Waals surface area contributed by atoms with E-state index in [4.69, 9.17) is 5.11 Å². The Bertz CT molecular complexity index is 559. The molecule has 1 rings (SSSR count). The van der Waals surface area contributed by atoms with E-state index in [9.17, 15) is 9.90 Å². The van der Waals surface area contributed by atoms with E-state index >= 15 is 0 Å². The molecule has 1 aromatic carbocycles. The zero-order valence-corrected chi connectivity index (χ0v) is 19.6. The quantitative estimate of drug-likeness (QED) is 0.133. The van der Waals surface area contributed by atoms with Gasteiger partial charge in [-0.25, -0.2) is 4.79 Å². The Morgan fingerprint density at radius 2 is 1.43 bits per heavy atom. The molecule has 0 unspecified atom stereocenters.